The van der Waals surface area contributed by atoms with Gasteiger partial charge in [-0.1, -0.05) is 12.1 Å². The molecule has 2 aromatic carbocycles. The molecule has 2 fully saturated rings. The first-order chi connectivity index (χ1) is 19.3. The molecule has 1 aliphatic heterocycles. The van der Waals surface area contributed by atoms with Crippen molar-refractivity contribution in [2.75, 3.05) is 20.1 Å². The van der Waals surface area contributed by atoms with Crippen molar-refractivity contribution in [3.05, 3.63) is 76.4 Å². The Kier molecular flexibility index (Phi) is 7.56. The lowest BCUT2D eigenvalue weighted by Crippen LogP contribution is -2.31. The van der Waals surface area contributed by atoms with Crippen molar-refractivity contribution in [3.63, 3.8) is 0 Å². The van der Waals surface area contributed by atoms with Gasteiger partial charge in [-0.15, -0.1) is 0 Å². The fourth-order valence-corrected chi connectivity index (χ4v) is 5.23. The largest absolute Gasteiger partial charge is 0.435 e. The molecule has 41 heavy (non-hydrogen) atoms. The summed E-state index contributed by atoms with van der Waals surface area (Å²) in [5, 5.41) is 15.2. The number of amides is 1. The molecule has 1 aromatic heterocycles. The smallest absolute Gasteiger partial charge is 0.345 e. The average molecular weight is 571 g/mol. The molecule has 0 radical (unpaired) electrons. The van der Waals surface area contributed by atoms with Crippen LogP contribution in [-0.2, 0) is 12.7 Å². The Bertz CT molecular complexity index is 1480. The van der Waals surface area contributed by atoms with Crippen LogP contribution in [0, 0.1) is 24.1 Å². The zero-order valence-electron chi connectivity index (χ0n) is 23.5. The number of hydrogen-bond donors (Lipinski definition) is 2. The Morgan fingerprint density at radius 2 is 1.88 bits per heavy atom. The molecular formula is C30H34F4N6O. The topological polar surface area (TPSA) is 77.3 Å². The van der Waals surface area contributed by atoms with Crippen LogP contribution in [-0.4, -0.2) is 51.6 Å². The number of likely N-dealkylation sites (N-methyl/N-ethyl adjacent to an activating group) is 1. The summed E-state index contributed by atoms with van der Waals surface area (Å²) in [6.45, 7) is 6.68. The normalized spacial score (nSPS) is 16.6. The van der Waals surface area contributed by atoms with Gasteiger partial charge in [0, 0.05) is 50.0 Å². The fraction of sp³-hybridized carbons (Fsp3) is 0.433. The van der Waals surface area contributed by atoms with Crippen LogP contribution in [0.1, 0.15) is 71.5 Å². The number of rotatable bonds is 8. The monoisotopic (exact) mass is 570 g/mol. The second-order valence-corrected chi connectivity index (χ2v) is 11.3. The van der Waals surface area contributed by atoms with Crippen LogP contribution in [0.3, 0.4) is 0 Å². The van der Waals surface area contributed by atoms with Crippen LogP contribution in [0.15, 0.2) is 42.6 Å². The number of carbonyl (C=O) groups excluding carboxylic acids is 1. The van der Waals surface area contributed by atoms with E-state index in [0.717, 1.165) is 18.4 Å². The lowest BCUT2D eigenvalue weighted by atomic mass is 9.97. The zero-order valence-corrected chi connectivity index (χ0v) is 23.5. The highest BCUT2D eigenvalue weighted by molar-refractivity contribution is 5.96. The van der Waals surface area contributed by atoms with E-state index in [1.54, 1.807) is 49.9 Å². The van der Waals surface area contributed by atoms with E-state index in [1.165, 1.54) is 23.0 Å². The molecule has 0 spiro atoms. The fourth-order valence-electron chi connectivity index (χ4n) is 5.23. The minimum atomic E-state index is -4.69. The number of nitrogens with zero attached hydrogens (tertiary/aromatic N) is 4. The van der Waals surface area contributed by atoms with E-state index in [9.17, 15) is 22.4 Å². The Labute approximate surface area is 236 Å². The third kappa shape index (κ3) is 6.08. The molecule has 1 saturated carbocycles. The minimum Gasteiger partial charge on any atom is -0.345 e. The molecule has 7 nitrogen and oxygen atoms in total. The summed E-state index contributed by atoms with van der Waals surface area (Å²) in [5.74, 6) is -0.239. The lowest BCUT2D eigenvalue weighted by molar-refractivity contribution is -0.141. The van der Waals surface area contributed by atoms with E-state index >= 15 is 0 Å². The summed E-state index contributed by atoms with van der Waals surface area (Å²) in [5.41, 5.74) is 1.20. The Morgan fingerprint density at radius 1 is 1.15 bits per heavy atom. The van der Waals surface area contributed by atoms with Crippen molar-refractivity contribution in [2.45, 2.75) is 58.4 Å². The van der Waals surface area contributed by atoms with E-state index < -0.39 is 17.8 Å². The number of benzene rings is 2. The standard InChI is InChI=1S/C30H34F4N6O/c1-17(2)40-16-24(27(37-40)30(32,33)34)22-12-19(15-39-10-9-38(4)29(39)35)13-23(14-22)28(41)36-26(20-5-6-20)21-7-8-25(31)18(3)11-21/h7-8,11-14,16-17,20,26,35H,5-6,9-10,15H2,1-4H3,(H,36,41). The van der Waals surface area contributed by atoms with E-state index in [4.69, 9.17) is 5.41 Å². The maximum Gasteiger partial charge on any atom is 0.435 e. The van der Waals surface area contributed by atoms with E-state index in [-0.39, 0.29) is 47.1 Å². The van der Waals surface area contributed by atoms with Gasteiger partial charge in [0.2, 0.25) is 0 Å². The van der Waals surface area contributed by atoms with Gasteiger partial charge in [-0.2, -0.15) is 18.3 Å². The second-order valence-electron chi connectivity index (χ2n) is 11.3. The van der Waals surface area contributed by atoms with Gasteiger partial charge in [-0.25, -0.2) is 4.39 Å². The number of hydrogen-bond acceptors (Lipinski definition) is 3. The van der Waals surface area contributed by atoms with Gasteiger partial charge >= 0.3 is 6.18 Å². The van der Waals surface area contributed by atoms with Crippen molar-refractivity contribution in [1.29, 1.82) is 5.41 Å². The van der Waals surface area contributed by atoms with Gasteiger partial charge in [-0.3, -0.25) is 14.9 Å². The predicted molar refractivity (Wildman–Crippen MR) is 148 cm³/mol. The maximum atomic E-state index is 14.1. The number of halogens is 4. The summed E-state index contributed by atoms with van der Waals surface area (Å²) in [6, 6.07) is 8.92. The Hall–Kier alpha value is -3.89. The van der Waals surface area contributed by atoms with Gasteiger partial charge in [0.05, 0.1) is 6.04 Å². The molecule has 1 unspecified atom stereocenters. The number of nitrogens with one attached hydrogen (secondary N) is 2. The van der Waals surface area contributed by atoms with Crippen molar-refractivity contribution in [1.82, 2.24) is 24.9 Å². The van der Waals surface area contributed by atoms with E-state index in [2.05, 4.69) is 10.4 Å². The molecule has 2 N–H and O–H groups in total. The number of guanidine groups is 1. The SMILES string of the molecule is Cc1cc(C(NC(=O)c2cc(CN3CCN(C)C3=N)cc(-c3cn(C(C)C)nc3C(F)(F)F)c2)C2CC2)ccc1F. The highest BCUT2D eigenvalue weighted by Crippen LogP contribution is 2.42. The summed E-state index contributed by atoms with van der Waals surface area (Å²) in [4.78, 5) is 17.3. The summed E-state index contributed by atoms with van der Waals surface area (Å²) < 4.78 is 57.5. The lowest BCUT2D eigenvalue weighted by Gasteiger charge is -2.22. The predicted octanol–water partition coefficient (Wildman–Crippen LogP) is 6.16. The third-order valence-electron chi connectivity index (χ3n) is 7.76. The van der Waals surface area contributed by atoms with Crippen molar-refractivity contribution in [2.24, 2.45) is 5.92 Å². The van der Waals surface area contributed by atoms with E-state index in [1.807, 2.05) is 11.9 Å². The van der Waals surface area contributed by atoms with Crippen molar-refractivity contribution >= 4 is 11.9 Å². The molecule has 2 heterocycles. The van der Waals surface area contributed by atoms with Crippen LogP contribution in [0.4, 0.5) is 17.6 Å². The van der Waals surface area contributed by atoms with E-state index in [0.29, 0.717) is 30.2 Å². The van der Waals surface area contributed by atoms with Crippen LogP contribution in [0.25, 0.3) is 11.1 Å². The van der Waals surface area contributed by atoms with Crippen molar-refractivity contribution < 1.29 is 22.4 Å². The zero-order chi connectivity index (χ0) is 29.6. The summed E-state index contributed by atoms with van der Waals surface area (Å²) >= 11 is 0. The van der Waals surface area contributed by atoms with Gasteiger partial charge in [0.15, 0.2) is 11.7 Å². The first-order valence-corrected chi connectivity index (χ1v) is 13.7. The molecule has 218 valence electrons. The molecule has 11 heteroatoms. The van der Waals surface area contributed by atoms with Gasteiger partial charge in [0.25, 0.3) is 5.91 Å². The highest BCUT2D eigenvalue weighted by Gasteiger charge is 2.38. The van der Waals surface area contributed by atoms with Gasteiger partial charge < -0.3 is 15.1 Å². The molecule has 1 atom stereocenters. The molecule has 1 amide bonds. The number of aromatic nitrogens is 2. The van der Waals surface area contributed by atoms with Gasteiger partial charge in [0.1, 0.15) is 5.82 Å². The molecule has 1 aliphatic carbocycles. The van der Waals surface area contributed by atoms with Crippen LogP contribution in [0.2, 0.25) is 0 Å². The Balaban J connectivity index is 1.55. The summed E-state index contributed by atoms with van der Waals surface area (Å²) in [7, 11) is 1.81. The van der Waals surface area contributed by atoms with Crippen LogP contribution >= 0.6 is 0 Å². The molecule has 3 aromatic rings. The molecule has 2 aliphatic rings. The van der Waals surface area contributed by atoms with Crippen LogP contribution < -0.4 is 5.32 Å². The number of carbonyl (C=O) groups is 1. The highest BCUT2D eigenvalue weighted by atomic mass is 19.4. The number of aryl methyl sites for hydroxylation is 1. The van der Waals surface area contributed by atoms with Crippen LogP contribution in [0.5, 0.6) is 0 Å². The molecule has 5 rings (SSSR count). The maximum absolute atomic E-state index is 14.1. The minimum absolute atomic E-state index is 0.108. The quantitative estimate of drug-likeness (QED) is 0.318. The molecule has 1 saturated heterocycles. The number of alkyl halides is 3. The third-order valence-corrected chi connectivity index (χ3v) is 7.76. The summed E-state index contributed by atoms with van der Waals surface area (Å²) in [6.07, 6.45) is -1.49. The molecular weight excluding hydrogens is 536 g/mol. The second kappa shape index (κ2) is 10.8. The Morgan fingerprint density at radius 3 is 2.46 bits per heavy atom. The van der Waals surface area contributed by atoms with Crippen molar-refractivity contribution in [3.8, 4) is 11.1 Å². The first kappa shape index (κ1) is 28.6. The first-order valence-electron chi connectivity index (χ1n) is 13.7. The van der Waals surface area contributed by atoms with Gasteiger partial charge in [-0.05, 0) is 86.1 Å². The molecule has 0 bridgehead atoms. The average Bonchev–Trinajstić information content (AvgIpc) is 3.56.